The molecule has 0 aliphatic heterocycles. The van der Waals surface area contributed by atoms with E-state index < -0.39 is 0 Å². The number of benzene rings is 1. The van der Waals surface area contributed by atoms with Crippen molar-refractivity contribution in [3.63, 3.8) is 0 Å². The van der Waals surface area contributed by atoms with Gasteiger partial charge >= 0.3 is 0 Å². The van der Waals surface area contributed by atoms with E-state index in [1.54, 1.807) is 7.11 Å². The fourth-order valence-electron chi connectivity index (χ4n) is 1.75. The van der Waals surface area contributed by atoms with Crippen molar-refractivity contribution in [3.05, 3.63) is 35.9 Å². The van der Waals surface area contributed by atoms with Gasteiger partial charge in [0.25, 0.3) is 0 Å². The van der Waals surface area contributed by atoms with Crippen molar-refractivity contribution in [3.8, 4) is 0 Å². The lowest BCUT2D eigenvalue weighted by Gasteiger charge is -2.12. The lowest BCUT2D eigenvalue weighted by atomic mass is 10.0. The van der Waals surface area contributed by atoms with Crippen molar-refractivity contribution >= 4 is 5.78 Å². The largest absolute Gasteiger partial charge is 0.374 e. The minimum absolute atomic E-state index is 0.214. The third kappa shape index (κ3) is 4.15. The SMILES string of the molecule is CCCC(OC)C(=O)CCc1ccccc1. The fourth-order valence-corrected chi connectivity index (χ4v) is 1.75. The van der Waals surface area contributed by atoms with Crippen molar-refractivity contribution in [2.24, 2.45) is 0 Å². The number of rotatable bonds is 7. The van der Waals surface area contributed by atoms with Gasteiger partial charge in [0, 0.05) is 13.5 Å². The molecule has 2 nitrogen and oxygen atoms in total. The third-order valence-electron chi connectivity index (χ3n) is 2.70. The van der Waals surface area contributed by atoms with Gasteiger partial charge in [0.15, 0.2) is 5.78 Å². The summed E-state index contributed by atoms with van der Waals surface area (Å²) < 4.78 is 5.19. The predicted octanol–water partition coefficient (Wildman–Crippen LogP) is 3.00. The van der Waals surface area contributed by atoms with Crippen LogP contribution < -0.4 is 0 Å². The molecular formula is C14H20O2. The van der Waals surface area contributed by atoms with Crippen LogP contribution in [0.2, 0.25) is 0 Å². The lowest BCUT2D eigenvalue weighted by molar-refractivity contribution is -0.129. The summed E-state index contributed by atoms with van der Waals surface area (Å²) in [5, 5.41) is 0. The molecule has 16 heavy (non-hydrogen) atoms. The fraction of sp³-hybridized carbons (Fsp3) is 0.500. The molecule has 0 heterocycles. The van der Waals surface area contributed by atoms with Crippen molar-refractivity contribution < 1.29 is 9.53 Å². The Balaban J connectivity index is 2.40. The van der Waals surface area contributed by atoms with Crippen molar-refractivity contribution in [1.82, 2.24) is 0 Å². The molecule has 0 saturated carbocycles. The molecule has 0 bridgehead atoms. The molecule has 1 aromatic carbocycles. The summed E-state index contributed by atoms with van der Waals surface area (Å²) in [7, 11) is 1.61. The highest BCUT2D eigenvalue weighted by Gasteiger charge is 2.15. The highest BCUT2D eigenvalue weighted by atomic mass is 16.5. The maximum atomic E-state index is 11.8. The van der Waals surface area contributed by atoms with Crippen LogP contribution >= 0.6 is 0 Å². The molecule has 1 unspecified atom stereocenters. The van der Waals surface area contributed by atoms with Crippen molar-refractivity contribution in [2.75, 3.05) is 7.11 Å². The molecule has 0 spiro atoms. The monoisotopic (exact) mass is 220 g/mol. The molecule has 0 aliphatic carbocycles. The number of ketones is 1. The molecule has 0 amide bonds. The maximum absolute atomic E-state index is 11.8. The van der Waals surface area contributed by atoms with Gasteiger partial charge in [-0.25, -0.2) is 0 Å². The molecule has 0 saturated heterocycles. The zero-order valence-electron chi connectivity index (χ0n) is 10.1. The summed E-state index contributed by atoms with van der Waals surface area (Å²) in [6, 6.07) is 10.1. The van der Waals surface area contributed by atoms with Crippen molar-refractivity contribution in [1.29, 1.82) is 0 Å². The number of carbonyl (C=O) groups is 1. The second-order valence-corrected chi connectivity index (χ2v) is 3.96. The average Bonchev–Trinajstić information content (AvgIpc) is 2.34. The van der Waals surface area contributed by atoms with E-state index in [9.17, 15) is 4.79 Å². The summed E-state index contributed by atoms with van der Waals surface area (Å²) in [6.45, 7) is 2.07. The standard InChI is InChI=1S/C14H20O2/c1-3-7-14(16-2)13(15)11-10-12-8-5-4-6-9-12/h4-6,8-9,14H,3,7,10-11H2,1-2H3. The topological polar surface area (TPSA) is 26.3 Å². The number of Topliss-reactive ketones (excluding diaryl/α,β-unsaturated/α-hetero) is 1. The first-order valence-electron chi connectivity index (χ1n) is 5.87. The van der Waals surface area contributed by atoms with Crippen LogP contribution in [0, 0.1) is 0 Å². The van der Waals surface area contributed by atoms with E-state index in [2.05, 4.69) is 19.1 Å². The Morgan fingerprint density at radius 3 is 2.56 bits per heavy atom. The van der Waals surface area contributed by atoms with E-state index in [1.807, 2.05) is 18.2 Å². The Labute approximate surface area is 97.6 Å². The van der Waals surface area contributed by atoms with Gasteiger partial charge in [0.1, 0.15) is 6.10 Å². The zero-order valence-corrected chi connectivity index (χ0v) is 10.1. The van der Waals surface area contributed by atoms with E-state index in [0.29, 0.717) is 6.42 Å². The number of hydrogen-bond acceptors (Lipinski definition) is 2. The van der Waals surface area contributed by atoms with Gasteiger partial charge < -0.3 is 4.74 Å². The van der Waals surface area contributed by atoms with Crippen LogP contribution in [0.4, 0.5) is 0 Å². The van der Waals surface area contributed by atoms with Crippen LogP contribution in [0.1, 0.15) is 31.7 Å². The molecule has 1 atom stereocenters. The second-order valence-electron chi connectivity index (χ2n) is 3.96. The summed E-state index contributed by atoms with van der Waals surface area (Å²) in [5.41, 5.74) is 1.21. The number of methoxy groups -OCH3 is 1. The first-order chi connectivity index (χ1) is 7.77. The number of hydrogen-bond donors (Lipinski definition) is 0. The van der Waals surface area contributed by atoms with Gasteiger partial charge in [-0.05, 0) is 18.4 Å². The summed E-state index contributed by atoms with van der Waals surface area (Å²) in [6.07, 6.45) is 2.97. The molecule has 0 aromatic heterocycles. The Kier molecular flexibility index (Phi) is 5.79. The Hall–Kier alpha value is -1.15. The average molecular weight is 220 g/mol. The zero-order chi connectivity index (χ0) is 11.8. The van der Waals surface area contributed by atoms with Gasteiger partial charge in [-0.1, -0.05) is 43.7 Å². The van der Waals surface area contributed by atoms with Crippen LogP contribution in [-0.2, 0) is 16.0 Å². The van der Waals surface area contributed by atoms with E-state index in [1.165, 1.54) is 5.56 Å². The highest BCUT2D eigenvalue weighted by Crippen LogP contribution is 2.08. The van der Waals surface area contributed by atoms with Crippen LogP contribution in [-0.4, -0.2) is 19.0 Å². The molecule has 1 aromatic rings. The summed E-state index contributed by atoms with van der Waals surface area (Å²) >= 11 is 0. The number of carbonyl (C=O) groups excluding carboxylic acids is 1. The third-order valence-corrected chi connectivity index (χ3v) is 2.70. The van der Waals surface area contributed by atoms with Gasteiger partial charge in [-0.15, -0.1) is 0 Å². The summed E-state index contributed by atoms with van der Waals surface area (Å²) in [4.78, 5) is 11.8. The van der Waals surface area contributed by atoms with Crippen LogP contribution in [0.5, 0.6) is 0 Å². The van der Waals surface area contributed by atoms with E-state index in [-0.39, 0.29) is 11.9 Å². The molecule has 88 valence electrons. The van der Waals surface area contributed by atoms with E-state index in [4.69, 9.17) is 4.74 Å². The van der Waals surface area contributed by atoms with Crippen LogP contribution in [0.25, 0.3) is 0 Å². The Morgan fingerprint density at radius 2 is 2.00 bits per heavy atom. The Morgan fingerprint density at radius 1 is 1.31 bits per heavy atom. The molecular weight excluding hydrogens is 200 g/mol. The second kappa shape index (κ2) is 7.18. The predicted molar refractivity (Wildman–Crippen MR) is 65.5 cm³/mol. The van der Waals surface area contributed by atoms with Gasteiger partial charge in [0.05, 0.1) is 0 Å². The summed E-state index contributed by atoms with van der Waals surface area (Å²) in [5.74, 6) is 0.216. The first kappa shape index (κ1) is 12.9. The van der Waals surface area contributed by atoms with E-state index >= 15 is 0 Å². The van der Waals surface area contributed by atoms with Crippen molar-refractivity contribution in [2.45, 2.75) is 38.7 Å². The number of ether oxygens (including phenoxy) is 1. The molecule has 0 N–H and O–H groups in total. The molecule has 2 heteroatoms. The molecule has 1 rings (SSSR count). The molecule has 0 radical (unpaired) electrons. The maximum Gasteiger partial charge on any atom is 0.161 e. The molecule has 0 aliphatic rings. The minimum Gasteiger partial charge on any atom is -0.374 e. The van der Waals surface area contributed by atoms with Crippen LogP contribution in [0.3, 0.4) is 0 Å². The lowest BCUT2D eigenvalue weighted by Crippen LogP contribution is -2.23. The van der Waals surface area contributed by atoms with Gasteiger partial charge in [-0.2, -0.15) is 0 Å². The van der Waals surface area contributed by atoms with E-state index in [0.717, 1.165) is 19.3 Å². The minimum atomic E-state index is -0.214. The number of aryl methyl sites for hydroxylation is 1. The van der Waals surface area contributed by atoms with Gasteiger partial charge in [-0.3, -0.25) is 4.79 Å². The first-order valence-corrected chi connectivity index (χ1v) is 5.87. The van der Waals surface area contributed by atoms with Crippen LogP contribution in [0.15, 0.2) is 30.3 Å². The highest BCUT2D eigenvalue weighted by molar-refractivity contribution is 5.83. The van der Waals surface area contributed by atoms with Gasteiger partial charge in [0.2, 0.25) is 0 Å². The Bertz CT molecular complexity index is 306. The smallest absolute Gasteiger partial charge is 0.161 e. The normalized spacial score (nSPS) is 12.4. The quantitative estimate of drug-likeness (QED) is 0.706. The molecule has 0 fully saturated rings.